The SMILES string of the molecule is NCc1ccc(S(=O)(=O)NCc2ccc(Br)cc2)c(F)c1. The second-order valence-electron chi connectivity index (χ2n) is 4.42. The molecule has 0 saturated carbocycles. The van der Waals surface area contributed by atoms with Crippen molar-refractivity contribution >= 4 is 26.0 Å². The van der Waals surface area contributed by atoms with E-state index in [4.69, 9.17) is 5.73 Å². The van der Waals surface area contributed by atoms with Gasteiger partial charge in [0.25, 0.3) is 0 Å². The Bertz CT molecular complexity index is 733. The number of halogens is 2. The predicted octanol–water partition coefficient (Wildman–Crippen LogP) is 2.53. The number of nitrogens with one attached hydrogen (secondary N) is 1. The molecule has 0 atom stereocenters. The minimum Gasteiger partial charge on any atom is -0.326 e. The highest BCUT2D eigenvalue weighted by molar-refractivity contribution is 9.10. The summed E-state index contributed by atoms with van der Waals surface area (Å²) in [6.45, 7) is 0.247. The van der Waals surface area contributed by atoms with E-state index >= 15 is 0 Å². The number of hydrogen-bond acceptors (Lipinski definition) is 3. The van der Waals surface area contributed by atoms with E-state index < -0.39 is 15.8 Å². The fraction of sp³-hybridized carbons (Fsp3) is 0.143. The topological polar surface area (TPSA) is 72.2 Å². The highest BCUT2D eigenvalue weighted by atomic mass is 79.9. The maximum atomic E-state index is 13.8. The highest BCUT2D eigenvalue weighted by Crippen LogP contribution is 2.17. The van der Waals surface area contributed by atoms with Crippen LogP contribution >= 0.6 is 15.9 Å². The van der Waals surface area contributed by atoms with Gasteiger partial charge in [0.05, 0.1) is 0 Å². The van der Waals surface area contributed by atoms with Crippen LogP contribution in [0.15, 0.2) is 51.8 Å². The molecule has 0 aliphatic heterocycles. The maximum Gasteiger partial charge on any atom is 0.243 e. The van der Waals surface area contributed by atoms with Crippen molar-refractivity contribution in [2.75, 3.05) is 0 Å². The normalized spacial score (nSPS) is 11.6. The van der Waals surface area contributed by atoms with Crippen molar-refractivity contribution in [1.29, 1.82) is 0 Å². The third-order valence-corrected chi connectivity index (χ3v) is 4.86. The molecule has 0 aromatic heterocycles. The summed E-state index contributed by atoms with van der Waals surface area (Å²) in [5.74, 6) is -0.804. The first-order chi connectivity index (χ1) is 9.92. The van der Waals surface area contributed by atoms with Gasteiger partial charge in [-0.1, -0.05) is 34.1 Å². The van der Waals surface area contributed by atoms with Gasteiger partial charge < -0.3 is 5.73 Å². The summed E-state index contributed by atoms with van der Waals surface area (Å²) < 4.78 is 41.3. The van der Waals surface area contributed by atoms with Gasteiger partial charge >= 0.3 is 0 Å². The molecule has 0 radical (unpaired) electrons. The molecule has 0 amide bonds. The second-order valence-corrected chi connectivity index (χ2v) is 7.07. The van der Waals surface area contributed by atoms with Gasteiger partial charge in [0.2, 0.25) is 10.0 Å². The molecule has 0 fully saturated rings. The Balaban J connectivity index is 2.16. The monoisotopic (exact) mass is 372 g/mol. The summed E-state index contributed by atoms with van der Waals surface area (Å²) in [7, 11) is -3.90. The van der Waals surface area contributed by atoms with E-state index in [9.17, 15) is 12.8 Å². The van der Waals surface area contributed by atoms with Crippen LogP contribution in [0.3, 0.4) is 0 Å². The summed E-state index contributed by atoms with van der Waals surface area (Å²) in [4.78, 5) is -0.378. The average molecular weight is 373 g/mol. The van der Waals surface area contributed by atoms with Crippen molar-refractivity contribution in [1.82, 2.24) is 4.72 Å². The molecule has 7 heteroatoms. The molecule has 3 N–H and O–H groups in total. The summed E-state index contributed by atoms with van der Waals surface area (Å²) in [6, 6.07) is 11.0. The quantitative estimate of drug-likeness (QED) is 0.846. The van der Waals surface area contributed by atoms with Crippen molar-refractivity contribution < 1.29 is 12.8 Å². The van der Waals surface area contributed by atoms with Gasteiger partial charge in [-0.25, -0.2) is 17.5 Å². The molecule has 0 saturated heterocycles. The molecular weight excluding hydrogens is 359 g/mol. The zero-order valence-electron chi connectivity index (χ0n) is 11.0. The van der Waals surface area contributed by atoms with Gasteiger partial charge in [-0.2, -0.15) is 0 Å². The molecule has 0 aliphatic rings. The summed E-state index contributed by atoms with van der Waals surface area (Å²) in [5.41, 5.74) is 6.71. The van der Waals surface area contributed by atoms with Gasteiger partial charge in [0, 0.05) is 17.6 Å². The van der Waals surface area contributed by atoms with E-state index in [1.807, 2.05) is 0 Å². The van der Waals surface area contributed by atoms with E-state index in [1.165, 1.54) is 12.1 Å². The van der Waals surface area contributed by atoms with Crippen molar-refractivity contribution in [2.24, 2.45) is 5.73 Å². The molecule has 2 aromatic carbocycles. The zero-order valence-corrected chi connectivity index (χ0v) is 13.4. The largest absolute Gasteiger partial charge is 0.326 e. The Labute approximate surface area is 131 Å². The minimum absolute atomic E-state index is 0.0910. The fourth-order valence-corrected chi connectivity index (χ4v) is 3.09. The van der Waals surface area contributed by atoms with Crippen LogP contribution < -0.4 is 10.5 Å². The molecule has 2 aromatic rings. The molecule has 0 unspecified atom stereocenters. The molecule has 112 valence electrons. The molecule has 21 heavy (non-hydrogen) atoms. The van der Waals surface area contributed by atoms with Crippen LogP contribution in [-0.2, 0) is 23.1 Å². The maximum absolute atomic E-state index is 13.8. The first-order valence-electron chi connectivity index (χ1n) is 6.15. The smallest absolute Gasteiger partial charge is 0.243 e. The minimum atomic E-state index is -3.90. The fourth-order valence-electron chi connectivity index (χ4n) is 1.75. The first-order valence-corrected chi connectivity index (χ1v) is 8.42. The number of benzene rings is 2. The number of nitrogens with two attached hydrogens (primary N) is 1. The lowest BCUT2D eigenvalue weighted by Gasteiger charge is -2.09. The van der Waals surface area contributed by atoms with Gasteiger partial charge in [0.1, 0.15) is 10.7 Å². The molecule has 0 heterocycles. The van der Waals surface area contributed by atoms with Crippen molar-refractivity contribution in [2.45, 2.75) is 18.0 Å². The van der Waals surface area contributed by atoms with E-state index in [-0.39, 0.29) is 18.0 Å². The second kappa shape index (κ2) is 6.65. The van der Waals surface area contributed by atoms with Crippen molar-refractivity contribution in [3.8, 4) is 0 Å². The van der Waals surface area contributed by atoms with Crippen molar-refractivity contribution in [3.63, 3.8) is 0 Å². The highest BCUT2D eigenvalue weighted by Gasteiger charge is 2.18. The van der Waals surface area contributed by atoms with Gasteiger partial charge in [-0.05, 0) is 35.4 Å². The third kappa shape index (κ3) is 4.10. The lowest BCUT2D eigenvalue weighted by molar-refractivity contribution is 0.556. The van der Waals surface area contributed by atoms with Crippen LogP contribution in [0.4, 0.5) is 4.39 Å². The number of hydrogen-bond donors (Lipinski definition) is 2. The lowest BCUT2D eigenvalue weighted by Crippen LogP contribution is -2.24. The standard InChI is InChI=1S/C14H14BrFN2O2S/c15-12-4-1-10(2-5-12)9-18-21(19,20)14-6-3-11(8-17)7-13(14)16/h1-7,18H,8-9,17H2. The van der Waals surface area contributed by atoms with E-state index in [1.54, 1.807) is 24.3 Å². The summed E-state index contributed by atoms with van der Waals surface area (Å²) in [6.07, 6.45) is 0. The molecule has 4 nitrogen and oxygen atoms in total. The van der Waals surface area contributed by atoms with Crippen LogP contribution in [0.5, 0.6) is 0 Å². The lowest BCUT2D eigenvalue weighted by atomic mass is 10.2. The molecular formula is C14H14BrFN2O2S. The predicted molar refractivity (Wildman–Crippen MR) is 82.5 cm³/mol. The van der Waals surface area contributed by atoms with Gasteiger partial charge in [-0.3, -0.25) is 0 Å². The van der Waals surface area contributed by atoms with Crippen LogP contribution in [0, 0.1) is 5.82 Å². The Morgan fingerprint density at radius 2 is 1.71 bits per heavy atom. The first kappa shape index (κ1) is 16.1. The molecule has 0 aliphatic carbocycles. The van der Waals surface area contributed by atoms with Crippen LogP contribution in [0.1, 0.15) is 11.1 Å². The Kier molecular flexibility index (Phi) is 5.10. The van der Waals surface area contributed by atoms with Crippen LogP contribution in [0.25, 0.3) is 0 Å². The van der Waals surface area contributed by atoms with E-state index in [0.29, 0.717) is 5.56 Å². The Morgan fingerprint density at radius 1 is 1.10 bits per heavy atom. The molecule has 2 rings (SSSR count). The van der Waals surface area contributed by atoms with Crippen molar-refractivity contribution in [3.05, 3.63) is 63.9 Å². The summed E-state index contributed by atoms with van der Waals surface area (Å²) in [5, 5.41) is 0. The molecule has 0 bridgehead atoms. The Hall–Kier alpha value is -1.28. The van der Waals surface area contributed by atoms with Gasteiger partial charge in [0.15, 0.2) is 0 Å². The Morgan fingerprint density at radius 3 is 2.29 bits per heavy atom. The average Bonchev–Trinajstić information content (AvgIpc) is 2.46. The van der Waals surface area contributed by atoms with Gasteiger partial charge in [-0.15, -0.1) is 0 Å². The third-order valence-electron chi connectivity index (χ3n) is 2.90. The summed E-state index contributed by atoms with van der Waals surface area (Å²) >= 11 is 3.30. The number of sulfonamides is 1. The van der Waals surface area contributed by atoms with Crippen LogP contribution in [-0.4, -0.2) is 8.42 Å². The number of rotatable bonds is 5. The molecule has 0 spiro atoms. The van der Waals surface area contributed by atoms with E-state index in [2.05, 4.69) is 20.7 Å². The van der Waals surface area contributed by atoms with Crippen LogP contribution in [0.2, 0.25) is 0 Å². The van der Waals surface area contributed by atoms with E-state index in [0.717, 1.165) is 16.1 Å². The zero-order chi connectivity index (χ0) is 15.5.